The van der Waals surface area contributed by atoms with Crippen LogP contribution < -0.4 is 65.5 Å². The van der Waals surface area contributed by atoms with E-state index in [9.17, 15) is 47.9 Å². The predicted molar refractivity (Wildman–Crippen MR) is 274 cm³/mol. The number of primary amides is 2. The summed E-state index contributed by atoms with van der Waals surface area (Å²) >= 11 is 3.39. The number of guanidine groups is 1. The topological polar surface area (TPSA) is 412 Å². The molecule has 17 N–H and O–H groups in total. The fourth-order valence-corrected chi connectivity index (χ4v) is 7.52. The highest BCUT2D eigenvalue weighted by Crippen LogP contribution is 2.16. The van der Waals surface area contributed by atoms with E-state index in [0.29, 0.717) is 24.1 Å². The van der Waals surface area contributed by atoms with Crippen LogP contribution in [-0.2, 0) is 60.8 Å². The number of nitrogens with one attached hydrogen (secondary N) is 9. The Balaban J connectivity index is 2.37. The molecule has 25 nitrogen and oxygen atoms in total. The van der Waals surface area contributed by atoms with Crippen LogP contribution in [0.1, 0.15) is 98.2 Å². The van der Waals surface area contributed by atoms with Crippen LogP contribution in [0.4, 0.5) is 0 Å². The summed E-state index contributed by atoms with van der Waals surface area (Å²) in [6, 6.07) is -1.70. The van der Waals surface area contributed by atoms with Crippen molar-refractivity contribution in [2.45, 2.75) is 142 Å². The van der Waals surface area contributed by atoms with Crippen molar-refractivity contribution < 1.29 is 47.9 Å². The van der Waals surface area contributed by atoms with E-state index in [1.54, 1.807) is 52.0 Å². The van der Waals surface area contributed by atoms with E-state index in [4.69, 9.17) is 22.9 Å². The normalized spacial score (nSPS) is 14.3. The van der Waals surface area contributed by atoms with Gasteiger partial charge in [0, 0.05) is 49.1 Å². The number of imidazole rings is 1. The average molecular weight is 1090 g/mol. The van der Waals surface area contributed by atoms with Gasteiger partial charge in [0.1, 0.15) is 42.3 Å². The molecule has 2 aromatic rings. The fourth-order valence-electron chi connectivity index (χ4n) is 7.26. The molecule has 73 heavy (non-hydrogen) atoms. The number of nitrogens with zero attached hydrogens (tertiary/aromatic N) is 2. The van der Waals surface area contributed by atoms with Crippen LogP contribution in [0.2, 0.25) is 0 Å². The van der Waals surface area contributed by atoms with Gasteiger partial charge >= 0.3 is 0 Å². The highest BCUT2D eigenvalue weighted by Gasteiger charge is 2.36. The standard InChI is InChI=1S/C47H74BrN15O10/c1-8-26(6)39(46(73)59-31(40(50)67)15-16-36(49)65)63-44(71)34(19-28-11-13-29(48)14-12-28)61-45(72)38(25(4)5)62-43(70)33(18-24(2)3)60-42(69)35(20-30-21-53-23-56-30)58-37(66)22-55-41(68)32(57-27(7)64)10-9-17-54-47(51)52/h11-14,21,23-26,31-35,38-39H,8-10,15-20,22H2,1-7H3,(H2,49,65)(H2,50,67)(H,53,56)(H,55,68)(H,57,64)(H,58,66)(H,59,73)(H,60,69)(H,61,72)(H,62,70)(H,63,71)(H4,51,52,54)/t26-,31-,32-,33-,34-,35-,38-,39-/m0/s1. The summed E-state index contributed by atoms with van der Waals surface area (Å²) in [5, 5.41) is 21.0. The molecule has 404 valence electrons. The molecule has 0 saturated heterocycles. The lowest BCUT2D eigenvalue weighted by molar-refractivity contribution is -0.136. The minimum atomic E-state index is -1.32. The first-order valence-corrected chi connectivity index (χ1v) is 24.8. The lowest BCUT2D eigenvalue weighted by Crippen LogP contribution is -2.61. The Hall–Kier alpha value is -7.12. The minimum Gasteiger partial charge on any atom is -0.370 e. The predicted octanol–water partition coefficient (Wildman–Crippen LogP) is -1.96. The second kappa shape index (κ2) is 31.4. The zero-order valence-corrected chi connectivity index (χ0v) is 44.1. The summed E-state index contributed by atoms with van der Waals surface area (Å²) in [5.41, 5.74) is 22.6. The number of hydrogen-bond acceptors (Lipinski definition) is 12. The highest BCUT2D eigenvalue weighted by atomic mass is 79.9. The molecule has 0 aliphatic carbocycles. The monoisotopic (exact) mass is 1090 g/mol. The van der Waals surface area contributed by atoms with E-state index >= 15 is 0 Å². The van der Waals surface area contributed by atoms with Crippen LogP contribution in [0.5, 0.6) is 0 Å². The summed E-state index contributed by atoms with van der Waals surface area (Å²) in [4.78, 5) is 143. The van der Waals surface area contributed by atoms with Gasteiger partial charge in [0.15, 0.2) is 5.96 Å². The van der Waals surface area contributed by atoms with Crippen molar-refractivity contribution in [3.05, 3.63) is 52.5 Å². The Kier molecular flexibility index (Phi) is 26.6. The number of carbonyl (C=O) groups excluding carboxylic acids is 10. The molecule has 10 amide bonds. The van der Waals surface area contributed by atoms with Gasteiger partial charge in [-0.05, 0) is 61.1 Å². The number of nitrogens with two attached hydrogens (primary N) is 4. The Bertz CT molecular complexity index is 2220. The number of amides is 10. The van der Waals surface area contributed by atoms with Gasteiger partial charge in [0.2, 0.25) is 59.1 Å². The maximum atomic E-state index is 14.3. The second-order valence-corrected chi connectivity index (χ2v) is 19.4. The van der Waals surface area contributed by atoms with Crippen molar-refractivity contribution >= 4 is 81.0 Å². The summed E-state index contributed by atoms with van der Waals surface area (Å²) < 4.78 is 0.752. The van der Waals surface area contributed by atoms with Gasteiger partial charge in [-0.3, -0.25) is 52.9 Å². The molecule has 1 aromatic heterocycles. The van der Waals surface area contributed by atoms with Crippen LogP contribution in [-0.4, -0.2) is 130 Å². The molecule has 1 aromatic carbocycles. The van der Waals surface area contributed by atoms with Crippen LogP contribution in [0.15, 0.2) is 46.3 Å². The molecule has 0 fully saturated rings. The zero-order valence-electron chi connectivity index (χ0n) is 42.5. The van der Waals surface area contributed by atoms with Crippen molar-refractivity contribution in [1.82, 2.24) is 52.5 Å². The SMILES string of the molecule is CC[C@H](C)[C@H](NC(=O)[C@H](Cc1ccc(Br)cc1)NC(=O)[C@@H](NC(=O)[C@H](CC(C)C)NC(=O)[C@H](Cc1cnc[nH]1)NC(=O)CNC(=O)[C@H](CCCN=C(N)N)NC(C)=O)C(C)C)C(=O)N[C@@H](CCC(N)=O)C(N)=O. The third-order valence-corrected chi connectivity index (χ3v) is 11.9. The van der Waals surface area contributed by atoms with E-state index in [-0.39, 0.29) is 56.9 Å². The largest absolute Gasteiger partial charge is 0.370 e. The van der Waals surface area contributed by atoms with Crippen molar-refractivity contribution in [3.63, 3.8) is 0 Å². The maximum Gasteiger partial charge on any atom is 0.243 e. The third-order valence-electron chi connectivity index (χ3n) is 11.4. The number of aliphatic imine (C=N–C) groups is 1. The Morgan fingerprint density at radius 3 is 1.79 bits per heavy atom. The molecule has 8 atom stereocenters. The van der Waals surface area contributed by atoms with Crippen LogP contribution in [0, 0.1) is 17.8 Å². The Morgan fingerprint density at radius 2 is 1.25 bits per heavy atom. The number of benzene rings is 1. The molecular weight excluding hydrogens is 1010 g/mol. The van der Waals surface area contributed by atoms with E-state index in [1.807, 2.05) is 13.8 Å². The number of carbonyl (C=O) groups is 10. The van der Waals surface area contributed by atoms with Crippen molar-refractivity contribution in [2.75, 3.05) is 13.1 Å². The molecule has 0 aliphatic heterocycles. The Labute approximate surface area is 433 Å². The number of rotatable bonds is 32. The quantitative estimate of drug-likeness (QED) is 0.0215. The molecule has 2 rings (SSSR count). The van der Waals surface area contributed by atoms with Crippen molar-refractivity contribution in [2.24, 2.45) is 45.7 Å². The van der Waals surface area contributed by atoms with Crippen LogP contribution >= 0.6 is 15.9 Å². The molecule has 0 saturated carbocycles. The first-order chi connectivity index (χ1) is 34.3. The smallest absolute Gasteiger partial charge is 0.243 e. The second-order valence-electron chi connectivity index (χ2n) is 18.5. The van der Waals surface area contributed by atoms with Gasteiger partial charge in [-0.25, -0.2) is 4.98 Å². The highest BCUT2D eigenvalue weighted by molar-refractivity contribution is 9.10. The lowest BCUT2D eigenvalue weighted by Gasteiger charge is -2.30. The van der Waals surface area contributed by atoms with E-state index in [2.05, 4.69) is 73.4 Å². The fraction of sp³-hybridized carbons (Fsp3) is 0.574. The summed E-state index contributed by atoms with van der Waals surface area (Å²) in [7, 11) is 0. The molecule has 0 unspecified atom stereocenters. The molecule has 0 spiro atoms. The Morgan fingerprint density at radius 1 is 0.671 bits per heavy atom. The summed E-state index contributed by atoms with van der Waals surface area (Å²) in [6.07, 6.45) is 3.22. The van der Waals surface area contributed by atoms with Crippen molar-refractivity contribution in [1.29, 1.82) is 0 Å². The zero-order chi connectivity index (χ0) is 54.9. The molecule has 26 heteroatoms. The van der Waals surface area contributed by atoms with E-state index < -0.39 is 120 Å². The van der Waals surface area contributed by atoms with Gasteiger partial charge in [0.05, 0.1) is 12.9 Å². The van der Waals surface area contributed by atoms with Gasteiger partial charge in [-0.2, -0.15) is 0 Å². The number of hydrogen-bond donors (Lipinski definition) is 13. The summed E-state index contributed by atoms with van der Waals surface area (Å²) in [6.45, 7) is 11.3. The molecule has 1 heterocycles. The third kappa shape index (κ3) is 23.3. The van der Waals surface area contributed by atoms with Crippen molar-refractivity contribution in [3.8, 4) is 0 Å². The van der Waals surface area contributed by atoms with Crippen LogP contribution in [0.3, 0.4) is 0 Å². The molecular formula is C47H74BrN15O10. The van der Waals surface area contributed by atoms with Gasteiger partial charge in [-0.1, -0.05) is 76.0 Å². The van der Waals surface area contributed by atoms with Gasteiger partial charge < -0.3 is 70.5 Å². The number of H-pyrrole nitrogens is 1. The van der Waals surface area contributed by atoms with E-state index in [1.165, 1.54) is 19.4 Å². The first kappa shape index (κ1) is 62.0. The van der Waals surface area contributed by atoms with E-state index in [0.717, 1.165) is 4.47 Å². The summed E-state index contributed by atoms with van der Waals surface area (Å²) in [5.74, 6) is -8.74. The molecule has 0 aliphatic rings. The molecule has 0 radical (unpaired) electrons. The average Bonchev–Trinajstić information content (AvgIpc) is 3.83. The molecule has 0 bridgehead atoms. The maximum absolute atomic E-state index is 14.3. The van der Waals surface area contributed by atoms with Crippen LogP contribution in [0.25, 0.3) is 0 Å². The number of halogens is 1. The van der Waals surface area contributed by atoms with Gasteiger partial charge in [-0.15, -0.1) is 0 Å². The first-order valence-electron chi connectivity index (χ1n) is 24.0. The lowest BCUT2D eigenvalue weighted by atomic mass is 9.96. The number of aromatic nitrogens is 2. The van der Waals surface area contributed by atoms with Gasteiger partial charge in [0.25, 0.3) is 0 Å². The number of aromatic amines is 1. The minimum absolute atomic E-state index is 0.0588.